The van der Waals surface area contributed by atoms with Crippen LogP contribution in [0.15, 0.2) is 30.5 Å². The molecule has 0 unspecified atom stereocenters. The zero-order chi connectivity index (χ0) is 25.1. The Labute approximate surface area is 211 Å². The van der Waals surface area contributed by atoms with E-state index < -0.39 is 0 Å². The Kier molecular flexibility index (Phi) is 7.05. The predicted molar refractivity (Wildman–Crippen MR) is 139 cm³/mol. The normalized spacial score (nSPS) is 22.0. The maximum absolute atomic E-state index is 12.8. The van der Waals surface area contributed by atoms with Crippen LogP contribution in [0.5, 0.6) is 0 Å². The molecule has 1 saturated heterocycles. The Morgan fingerprint density at radius 3 is 2.50 bits per heavy atom. The van der Waals surface area contributed by atoms with Crippen molar-refractivity contribution in [3.8, 4) is 11.8 Å². The maximum atomic E-state index is 12.8. The number of amides is 2. The van der Waals surface area contributed by atoms with E-state index in [-0.39, 0.29) is 23.8 Å². The third-order valence-corrected chi connectivity index (χ3v) is 7.16. The van der Waals surface area contributed by atoms with Gasteiger partial charge in [-0.3, -0.25) is 9.59 Å². The molecule has 2 amide bonds. The average Bonchev–Trinajstić information content (AvgIpc) is 3.59. The number of rotatable bonds is 6. The van der Waals surface area contributed by atoms with Crippen LogP contribution in [0, 0.1) is 23.7 Å². The predicted octanol–water partition coefficient (Wildman–Crippen LogP) is 2.44. The van der Waals surface area contributed by atoms with Gasteiger partial charge in [-0.15, -0.1) is 0 Å². The fourth-order valence-corrected chi connectivity index (χ4v) is 4.72. The van der Waals surface area contributed by atoms with Gasteiger partial charge in [-0.1, -0.05) is 18.3 Å². The van der Waals surface area contributed by atoms with Crippen LogP contribution in [0.3, 0.4) is 0 Å². The number of nitrogens with zero attached hydrogens (tertiary/aromatic N) is 4. The molecule has 1 aromatic carbocycles. The molecule has 0 spiro atoms. The van der Waals surface area contributed by atoms with Crippen molar-refractivity contribution in [3.05, 3.63) is 41.6 Å². The van der Waals surface area contributed by atoms with Crippen LogP contribution in [0.2, 0.25) is 0 Å². The molecule has 9 nitrogen and oxygen atoms in total. The van der Waals surface area contributed by atoms with E-state index in [1.54, 1.807) is 6.20 Å². The summed E-state index contributed by atoms with van der Waals surface area (Å²) in [4.78, 5) is 38.0. The van der Waals surface area contributed by atoms with Crippen molar-refractivity contribution >= 4 is 29.3 Å². The van der Waals surface area contributed by atoms with E-state index in [1.807, 2.05) is 29.2 Å². The smallest absolute Gasteiger partial charge is 0.253 e. The van der Waals surface area contributed by atoms with Gasteiger partial charge in [0.25, 0.3) is 5.91 Å². The highest BCUT2D eigenvalue weighted by Gasteiger charge is 2.32. The fraction of sp³-hybridized carbons (Fsp3) is 0.481. The highest BCUT2D eigenvalue weighted by molar-refractivity contribution is 5.94. The summed E-state index contributed by atoms with van der Waals surface area (Å²) in [5.41, 5.74) is 7.79. The number of likely N-dealkylation sites (N-methyl/N-ethyl adjacent to an activating group) is 1. The van der Waals surface area contributed by atoms with Crippen LogP contribution in [0.4, 0.5) is 17.5 Å². The Morgan fingerprint density at radius 2 is 1.81 bits per heavy atom. The number of carbonyl (C=O) groups is 2. The molecule has 0 bridgehead atoms. The van der Waals surface area contributed by atoms with Gasteiger partial charge >= 0.3 is 0 Å². The largest absolute Gasteiger partial charge is 0.369 e. The Morgan fingerprint density at radius 1 is 1.06 bits per heavy atom. The molecule has 2 aromatic rings. The summed E-state index contributed by atoms with van der Waals surface area (Å²) in [6.45, 7) is 3.27. The molecule has 2 heterocycles. The van der Waals surface area contributed by atoms with Crippen LogP contribution >= 0.6 is 0 Å². The topological polar surface area (TPSA) is 116 Å². The highest BCUT2D eigenvalue weighted by atomic mass is 16.2. The van der Waals surface area contributed by atoms with Gasteiger partial charge < -0.3 is 26.2 Å². The van der Waals surface area contributed by atoms with Crippen LogP contribution in [-0.2, 0) is 4.79 Å². The summed E-state index contributed by atoms with van der Waals surface area (Å²) in [6.07, 6.45) is 6.58. The van der Waals surface area contributed by atoms with Crippen molar-refractivity contribution in [2.24, 2.45) is 17.6 Å². The van der Waals surface area contributed by atoms with Crippen molar-refractivity contribution in [1.29, 1.82) is 0 Å². The lowest BCUT2D eigenvalue weighted by molar-refractivity contribution is -0.121. The maximum Gasteiger partial charge on any atom is 0.253 e. The highest BCUT2D eigenvalue weighted by Crippen LogP contribution is 2.30. The van der Waals surface area contributed by atoms with Crippen molar-refractivity contribution in [3.63, 3.8) is 0 Å². The Bertz CT molecular complexity index is 1170. The first-order chi connectivity index (χ1) is 17.5. The number of carbonyl (C=O) groups excluding carboxylic acids is 2. The zero-order valence-electron chi connectivity index (χ0n) is 20.7. The van der Waals surface area contributed by atoms with Crippen molar-refractivity contribution < 1.29 is 9.59 Å². The lowest BCUT2D eigenvalue weighted by atomic mass is 10.0. The molecule has 4 N–H and O–H groups in total. The van der Waals surface area contributed by atoms with Gasteiger partial charge in [0.15, 0.2) is 0 Å². The molecule has 3 aliphatic rings. The second-order valence-corrected chi connectivity index (χ2v) is 9.99. The Hall–Kier alpha value is -3.64. The monoisotopic (exact) mass is 487 g/mol. The van der Waals surface area contributed by atoms with E-state index in [9.17, 15) is 9.59 Å². The standard InChI is InChI=1S/C27H33N7O2/c1-33-13-15-34(16-14-33)26(36)19-9-11-21(12-10-19)30-27-29-17-20(8-7-18-5-6-18)25(32-27)31-23-4-2-3-22(23)24(28)35/h9-12,17-18,22-23H,2-6,13-16H2,1H3,(H2,28,35)(H2,29,30,31,32)/t22-,23-/m0/s1. The minimum absolute atomic E-state index is 0.0524. The molecule has 5 rings (SSSR count). The quantitative estimate of drug-likeness (QED) is 0.536. The van der Waals surface area contributed by atoms with Gasteiger partial charge in [-0.05, 0) is 57.0 Å². The van der Waals surface area contributed by atoms with Gasteiger partial charge in [0.2, 0.25) is 11.9 Å². The van der Waals surface area contributed by atoms with Crippen LogP contribution in [0.1, 0.15) is 48.0 Å². The third kappa shape index (κ3) is 5.77. The number of primary amides is 1. The van der Waals surface area contributed by atoms with E-state index in [2.05, 4.69) is 39.4 Å². The first-order valence-corrected chi connectivity index (χ1v) is 12.8. The van der Waals surface area contributed by atoms with Gasteiger partial charge in [0.05, 0.1) is 17.7 Å². The minimum atomic E-state index is -0.283. The SMILES string of the molecule is CN1CCN(C(=O)c2ccc(Nc3ncc(C#CC4CC4)c(N[C@H]4CCC[C@@H]4C(N)=O)n3)cc2)CC1. The molecule has 2 saturated carbocycles. The summed E-state index contributed by atoms with van der Waals surface area (Å²) in [5.74, 6) is 7.51. The molecule has 36 heavy (non-hydrogen) atoms. The van der Waals surface area contributed by atoms with Crippen molar-refractivity contribution in [1.82, 2.24) is 19.8 Å². The molecule has 2 aliphatic carbocycles. The molecule has 2 atom stereocenters. The average molecular weight is 488 g/mol. The zero-order valence-corrected chi connectivity index (χ0v) is 20.7. The molecule has 3 fully saturated rings. The second kappa shape index (κ2) is 10.5. The number of hydrogen-bond acceptors (Lipinski definition) is 7. The first kappa shape index (κ1) is 24.1. The second-order valence-electron chi connectivity index (χ2n) is 9.99. The molecule has 0 radical (unpaired) electrons. The summed E-state index contributed by atoms with van der Waals surface area (Å²) in [7, 11) is 2.07. The minimum Gasteiger partial charge on any atom is -0.369 e. The summed E-state index contributed by atoms with van der Waals surface area (Å²) >= 11 is 0. The number of nitrogens with two attached hydrogens (primary N) is 1. The van der Waals surface area contributed by atoms with Crippen LogP contribution in [-0.4, -0.2) is 70.9 Å². The van der Waals surface area contributed by atoms with E-state index >= 15 is 0 Å². The van der Waals surface area contributed by atoms with Crippen molar-refractivity contribution in [2.45, 2.75) is 38.1 Å². The lowest BCUT2D eigenvalue weighted by Gasteiger charge is -2.32. The van der Waals surface area contributed by atoms with E-state index in [1.165, 1.54) is 0 Å². The molecule has 1 aliphatic heterocycles. The number of piperazine rings is 1. The van der Waals surface area contributed by atoms with Gasteiger partial charge in [-0.2, -0.15) is 4.98 Å². The molecule has 9 heteroatoms. The van der Waals surface area contributed by atoms with E-state index in [4.69, 9.17) is 10.7 Å². The van der Waals surface area contributed by atoms with Crippen LogP contribution < -0.4 is 16.4 Å². The first-order valence-electron chi connectivity index (χ1n) is 12.8. The van der Waals surface area contributed by atoms with E-state index in [0.717, 1.165) is 69.5 Å². The van der Waals surface area contributed by atoms with Crippen LogP contribution in [0.25, 0.3) is 0 Å². The Balaban J connectivity index is 1.30. The number of hydrogen-bond donors (Lipinski definition) is 3. The molecule has 1 aromatic heterocycles. The van der Waals surface area contributed by atoms with Gasteiger partial charge in [-0.25, -0.2) is 4.98 Å². The number of anilines is 3. The number of aromatic nitrogens is 2. The fourth-order valence-electron chi connectivity index (χ4n) is 4.72. The summed E-state index contributed by atoms with van der Waals surface area (Å²) in [6, 6.07) is 7.31. The van der Waals surface area contributed by atoms with E-state index in [0.29, 0.717) is 23.2 Å². The van der Waals surface area contributed by atoms with Gasteiger partial charge in [0, 0.05) is 49.4 Å². The number of benzene rings is 1. The molecular formula is C27H33N7O2. The number of nitrogens with one attached hydrogen (secondary N) is 2. The third-order valence-electron chi connectivity index (χ3n) is 7.16. The van der Waals surface area contributed by atoms with Crippen molar-refractivity contribution in [2.75, 3.05) is 43.9 Å². The van der Waals surface area contributed by atoms with Gasteiger partial charge in [0.1, 0.15) is 5.82 Å². The summed E-state index contributed by atoms with van der Waals surface area (Å²) in [5, 5.41) is 6.65. The molecule has 188 valence electrons. The lowest BCUT2D eigenvalue weighted by Crippen LogP contribution is -2.47. The summed E-state index contributed by atoms with van der Waals surface area (Å²) < 4.78 is 0. The molecular weight excluding hydrogens is 454 g/mol.